The highest BCUT2D eigenvalue weighted by molar-refractivity contribution is 5.21. The molecule has 2 rings (SSSR count). The highest BCUT2D eigenvalue weighted by Crippen LogP contribution is 2.36. The van der Waals surface area contributed by atoms with E-state index in [4.69, 9.17) is 4.74 Å². The molecule has 1 saturated heterocycles. The minimum atomic E-state index is -0.761. The van der Waals surface area contributed by atoms with E-state index in [9.17, 15) is 9.50 Å². The maximum Gasteiger partial charge on any atom is 0.123 e. The lowest BCUT2D eigenvalue weighted by Gasteiger charge is -2.38. The number of halogens is 1. The Balaban J connectivity index is 2.20. The minimum absolute atomic E-state index is 0.323. The standard InChI is InChI=1S/C13H17FO2/c1-13(7-2-3-8-16-13)12(15)10-5-4-6-11(14)9-10/h4-6,9,12,15H,2-3,7-8H2,1H3. The number of aliphatic hydroxyl groups is 1. The molecule has 1 fully saturated rings. The van der Waals surface area contributed by atoms with E-state index in [0.29, 0.717) is 12.2 Å². The van der Waals surface area contributed by atoms with E-state index in [1.807, 2.05) is 6.92 Å². The number of aliphatic hydroxyl groups excluding tert-OH is 1. The van der Waals surface area contributed by atoms with Crippen LogP contribution in [0.4, 0.5) is 4.39 Å². The van der Waals surface area contributed by atoms with Gasteiger partial charge in [0.15, 0.2) is 0 Å². The van der Waals surface area contributed by atoms with Crippen molar-refractivity contribution in [1.82, 2.24) is 0 Å². The summed E-state index contributed by atoms with van der Waals surface area (Å²) in [6.07, 6.45) is 2.13. The predicted octanol–water partition coefficient (Wildman–Crippen LogP) is 2.82. The lowest BCUT2D eigenvalue weighted by molar-refractivity contribution is -0.138. The second-order valence-corrected chi connectivity index (χ2v) is 4.58. The van der Waals surface area contributed by atoms with Crippen molar-refractivity contribution in [3.63, 3.8) is 0 Å². The van der Waals surface area contributed by atoms with E-state index in [1.54, 1.807) is 12.1 Å². The molecule has 1 aromatic carbocycles. The number of benzene rings is 1. The maximum atomic E-state index is 13.1. The summed E-state index contributed by atoms with van der Waals surface area (Å²) in [5, 5.41) is 10.2. The molecular weight excluding hydrogens is 207 g/mol. The number of hydrogen-bond donors (Lipinski definition) is 1. The van der Waals surface area contributed by atoms with Crippen LogP contribution in [-0.2, 0) is 4.74 Å². The molecule has 1 heterocycles. The summed E-state index contributed by atoms with van der Waals surface area (Å²) in [4.78, 5) is 0. The van der Waals surface area contributed by atoms with Crippen LogP contribution in [0.25, 0.3) is 0 Å². The third kappa shape index (κ3) is 2.25. The summed E-state index contributed by atoms with van der Waals surface area (Å²) >= 11 is 0. The number of rotatable bonds is 2. The molecule has 1 N–H and O–H groups in total. The van der Waals surface area contributed by atoms with Crippen LogP contribution in [-0.4, -0.2) is 17.3 Å². The molecule has 2 unspecified atom stereocenters. The van der Waals surface area contributed by atoms with Crippen LogP contribution >= 0.6 is 0 Å². The van der Waals surface area contributed by atoms with Gasteiger partial charge in [-0.1, -0.05) is 12.1 Å². The summed E-state index contributed by atoms with van der Waals surface area (Å²) in [5.74, 6) is -0.323. The largest absolute Gasteiger partial charge is 0.385 e. The van der Waals surface area contributed by atoms with E-state index in [1.165, 1.54) is 12.1 Å². The molecule has 0 radical (unpaired) electrons. The van der Waals surface area contributed by atoms with Crippen molar-refractivity contribution >= 4 is 0 Å². The zero-order chi connectivity index (χ0) is 11.6. The first kappa shape index (κ1) is 11.6. The van der Waals surface area contributed by atoms with Crippen molar-refractivity contribution in [3.05, 3.63) is 35.6 Å². The summed E-state index contributed by atoms with van der Waals surface area (Å²) in [6, 6.07) is 6.09. The third-order valence-electron chi connectivity index (χ3n) is 3.24. The smallest absolute Gasteiger partial charge is 0.123 e. The molecule has 1 aromatic rings. The first-order chi connectivity index (χ1) is 7.62. The third-order valence-corrected chi connectivity index (χ3v) is 3.24. The first-order valence-electron chi connectivity index (χ1n) is 5.69. The van der Waals surface area contributed by atoms with E-state index in [2.05, 4.69) is 0 Å². The molecule has 2 nitrogen and oxygen atoms in total. The fourth-order valence-electron chi connectivity index (χ4n) is 2.20. The average Bonchev–Trinajstić information content (AvgIpc) is 2.29. The molecule has 2 atom stereocenters. The van der Waals surface area contributed by atoms with Gasteiger partial charge in [0.2, 0.25) is 0 Å². The fraction of sp³-hybridized carbons (Fsp3) is 0.538. The Kier molecular flexibility index (Phi) is 3.26. The summed E-state index contributed by atoms with van der Waals surface area (Å²) in [5.41, 5.74) is 0.0101. The molecule has 0 saturated carbocycles. The van der Waals surface area contributed by atoms with Crippen LogP contribution in [0.3, 0.4) is 0 Å². The molecule has 3 heteroatoms. The Morgan fingerprint density at radius 1 is 1.44 bits per heavy atom. The molecule has 88 valence electrons. The molecule has 16 heavy (non-hydrogen) atoms. The van der Waals surface area contributed by atoms with Crippen LogP contribution in [0.5, 0.6) is 0 Å². The molecule has 1 aliphatic heterocycles. The lowest BCUT2D eigenvalue weighted by Crippen LogP contribution is -2.39. The molecule has 0 aromatic heterocycles. The van der Waals surface area contributed by atoms with E-state index >= 15 is 0 Å². The van der Waals surface area contributed by atoms with Gasteiger partial charge in [-0.25, -0.2) is 4.39 Å². The van der Waals surface area contributed by atoms with Gasteiger partial charge in [-0.3, -0.25) is 0 Å². The topological polar surface area (TPSA) is 29.5 Å². The second kappa shape index (κ2) is 4.52. The van der Waals surface area contributed by atoms with E-state index in [-0.39, 0.29) is 5.82 Å². The van der Waals surface area contributed by atoms with Crippen LogP contribution in [0, 0.1) is 5.82 Å². The van der Waals surface area contributed by atoms with Crippen molar-refractivity contribution in [2.75, 3.05) is 6.61 Å². The van der Waals surface area contributed by atoms with Crippen molar-refractivity contribution in [3.8, 4) is 0 Å². The number of hydrogen-bond acceptors (Lipinski definition) is 2. The monoisotopic (exact) mass is 224 g/mol. The van der Waals surface area contributed by atoms with Crippen LogP contribution in [0.2, 0.25) is 0 Å². The van der Waals surface area contributed by atoms with Gasteiger partial charge in [-0.2, -0.15) is 0 Å². The van der Waals surface area contributed by atoms with Crippen molar-refractivity contribution in [2.45, 2.75) is 37.9 Å². The molecule has 0 amide bonds. The van der Waals surface area contributed by atoms with Crippen molar-refractivity contribution in [1.29, 1.82) is 0 Å². The summed E-state index contributed by atoms with van der Waals surface area (Å²) in [7, 11) is 0. The highest BCUT2D eigenvalue weighted by atomic mass is 19.1. The lowest BCUT2D eigenvalue weighted by atomic mass is 9.86. The van der Waals surface area contributed by atoms with Gasteiger partial charge in [0.25, 0.3) is 0 Å². The highest BCUT2D eigenvalue weighted by Gasteiger charge is 2.36. The predicted molar refractivity (Wildman–Crippen MR) is 59.6 cm³/mol. The molecule has 0 spiro atoms. The average molecular weight is 224 g/mol. The number of ether oxygens (including phenoxy) is 1. The quantitative estimate of drug-likeness (QED) is 0.837. The Bertz CT molecular complexity index is 359. The normalized spacial score (nSPS) is 27.7. The van der Waals surface area contributed by atoms with Gasteiger partial charge in [0, 0.05) is 6.61 Å². The Labute approximate surface area is 95.1 Å². The first-order valence-corrected chi connectivity index (χ1v) is 5.69. The summed E-state index contributed by atoms with van der Waals surface area (Å²) < 4.78 is 18.7. The van der Waals surface area contributed by atoms with Gasteiger partial charge in [0.1, 0.15) is 11.9 Å². The van der Waals surface area contributed by atoms with Crippen LogP contribution in [0.1, 0.15) is 37.9 Å². The zero-order valence-corrected chi connectivity index (χ0v) is 9.45. The molecule has 0 aliphatic carbocycles. The van der Waals surface area contributed by atoms with E-state index < -0.39 is 11.7 Å². The maximum absolute atomic E-state index is 13.1. The Morgan fingerprint density at radius 2 is 2.25 bits per heavy atom. The minimum Gasteiger partial charge on any atom is -0.385 e. The van der Waals surface area contributed by atoms with Crippen molar-refractivity contribution in [2.24, 2.45) is 0 Å². The fourth-order valence-corrected chi connectivity index (χ4v) is 2.20. The Morgan fingerprint density at radius 3 is 2.88 bits per heavy atom. The Hall–Kier alpha value is -0.930. The van der Waals surface area contributed by atoms with Crippen LogP contribution < -0.4 is 0 Å². The van der Waals surface area contributed by atoms with Gasteiger partial charge >= 0.3 is 0 Å². The molecule has 1 aliphatic rings. The zero-order valence-electron chi connectivity index (χ0n) is 9.45. The van der Waals surface area contributed by atoms with Crippen LogP contribution in [0.15, 0.2) is 24.3 Å². The van der Waals surface area contributed by atoms with Gasteiger partial charge in [0.05, 0.1) is 5.60 Å². The van der Waals surface area contributed by atoms with Gasteiger partial charge < -0.3 is 9.84 Å². The molecular formula is C13H17FO2. The van der Waals surface area contributed by atoms with E-state index in [0.717, 1.165) is 19.3 Å². The van der Waals surface area contributed by atoms with Crippen molar-refractivity contribution < 1.29 is 14.2 Å². The second-order valence-electron chi connectivity index (χ2n) is 4.58. The van der Waals surface area contributed by atoms with Gasteiger partial charge in [-0.15, -0.1) is 0 Å². The SMILES string of the molecule is CC1(C(O)c2cccc(F)c2)CCCCO1. The molecule has 0 bridgehead atoms. The summed E-state index contributed by atoms with van der Waals surface area (Å²) in [6.45, 7) is 2.56. The van der Waals surface area contributed by atoms with Gasteiger partial charge in [-0.05, 0) is 43.9 Å².